The number of ketones is 1. The van der Waals surface area contributed by atoms with Gasteiger partial charge in [-0.15, -0.1) is 0 Å². The molecule has 0 atom stereocenters. The summed E-state index contributed by atoms with van der Waals surface area (Å²) in [4.78, 5) is 20.9. The summed E-state index contributed by atoms with van der Waals surface area (Å²) < 4.78 is 2.16. The number of nitriles is 1. The Kier molecular flexibility index (Phi) is 3.28. The van der Waals surface area contributed by atoms with Crippen molar-refractivity contribution >= 4 is 17.6 Å². The van der Waals surface area contributed by atoms with Crippen molar-refractivity contribution in [3.05, 3.63) is 57.8 Å². The van der Waals surface area contributed by atoms with Crippen molar-refractivity contribution in [2.45, 2.75) is 19.9 Å². The van der Waals surface area contributed by atoms with Crippen molar-refractivity contribution in [3.8, 4) is 6.07 Å². The first-order valence-corrected chi connectivity index (χ1v) is 7.81. The van der Waals surface area contributed by atoms with E-state index in [1.165, 1.54) is 6.33 Å². The van der Waals surface area contributed by atoms with Crippen LogP contribution in [-0.2, 0) is 6.54 Å². The fourth-order valence-corrected chi connectivity index (χ4v) is 3.40. The van der Waals surface area contributed by atoms with E-state index in [-0.39, 0.29) is 11.4 Å². The van der Waals surface area contributed by atoms with Crippen LogP contribution in [0.25, 0.3) is 11.8 Å². The molecule has 0 saturated heterocycles. The molecule has 0 spiro atoms. The molecular weight excluding hydrogens is 302 g/mol. The lowest BCUT2D eigenvalue weighted by atomic mass is 9.92. The molecule has 2 aliphatic rings. The van der Waals surface area contributed by atoms with Gasteiger partial charge in [0.1, 0.15) is 18.0 Å². The van der Waals surface area contributed by atoms with E-state index in [0.717, 1.165) is 46.9 Å². The molecule has 2 aromatic heterocycles. The molecule has 0 bridgehead atoms. The Morgan fingerprint density at radius 2 is 2.12 bits per heavy atom. The quantitative estimate of drug-likeness (QED) is 0.810. The van der Waals surface area contributed by atoms with Gasteiger partial charge in [-0.1, -0.05) is 0 Å². The summed E-state index contributed by atoms with van der Waals surface area (Å²) in [5, 5.41) is 14.5. The van der Waals surface area contributed by atoms with E-state index in [1.807, 2.05) is 19.2 Å². The van der Waals surface area contributed by atoms with Gasteiger partial charge in [0.05, 0.1) is 16.3 Å². The van der Waals surface area contributed by atoms with E-state index in [0.29, 0.717) is 5.56 Å². The van der Waals surface area contributed by atoms with Gasteiger partial charge in [0.15, 0.2) is 0 Å². The SMILES string of the molecule is Cc1c2c(n3c1=CNCCC3)=C(c1cncnc1)C=C(C#N)C2=O. The Morgan fingerprint density at radius 1 is 1.33 bits per heavy atom. The minimum absolute atomic E-state index is 0.151. The van der Waals surface area contributed by atoms with Gasteiger partial charge in [0.25, 0.3) is 0 Å². The number of nitrogens with one attached hydrogen (secondary N) is 1. The number of Topliss-reactive ketones (excluding diaryl/α,β-unsaturated/α-hetero) is 1. The normalized spacial score (nSPS) is 16.1. The summed E-state index contributed by atoms with van der Waals surface area (Å²) in [5.74, 6) is -0.209. The molecule has 1 aliphatic heterocycles. The maximum absolute atomic E-state index is 12.8. The van der Waals surface area contributed by atoms with Crippen LogP contribution >= 0.6 is 0 Å². The lowest BCUT2D eigenvalue weighted by Crippen LogP contribution is -2.32. The predicted octanol–water partition coefficient (Wildman–Crippen LogP) is 0.163. The third-order valence-corrected chi connectivity index (χ3v) is 4.51. The lowest BCUT2D eigenvalue weighted by Gasteiger charge is -2.12. The molecule has 0 aromatic carbocycles. The van der Waals surface area contributed by atoms with Gasteiger partial charge in [-0.2, -0.15) is 5.26 Å². The van der Waals surface area contributed by atoms with Gasteiger partial charge in [-0.3, -0.25) is 4.79 Å². The standard InChI is InChI=1S/C18H15N5O/c1-11-15-9-20-3-2-4-23(15)17-14(13-7-21-10-22-8-13)5-12(6-19)18(24)16(11)17/h5,7-10,20H,2-4H2,1H3. The van der Waals surface area contributed by atoms with Crippen molar-refractivity contribution in [2.24, 2.45) is 0 Å². The molecule has 24 heavy (non-hydrogen) atoms. The Balaban J connectivity index is 2.19. The maximum atomic E-state index is 12.8. The average molecular weight is 317 g/mol. The number of carbonyl (C=O) groups excluding carboxylic acids is 1. The van der Waals surface area contributed by atoms with Crippen molar-refractivity contribution in [3.63, 3.8) is 0 Å². The second-order valence-corrected chi connectivity index (χ2v) is 5.88. The summed E-state index contributed by atoms with van der Waals surface area (Å²) in [6, 6.07) is 2.03. The number of aromatic nitrogens is 3. The Bertz CT molecular complexity index is 1040. The van der Waals surface area contributed by atoms with Gasteiger partial charge >= 0.3 is 0 Å². The minimum atomic E-state index is -0.209. The van der Waals surface area contributed by atoms with E-state index < -0.39 is 0 Å². The van der Waals surface area contributed by atoms with Crippen LogP contribution in [-0.4, -0.2) is 26.9 Å². The van der Waals surface area contributed by atoms with E-state index >= 15 is 0 Å². The number of hydrogen-bond acceptors (Lipinski definition) is 5. The molecule has 0 radical (unpaired) electrons. The third-order valence-electron chi connectivity index (χ3n) is 4.51. The zero-order valence-corrected chi connectivity index (χ0v) is 13.2. The topological polar surface area (TPSA) is 83.6 Å². The minimum Gasteiger partial charge on any atom is -0.389 e. The van der Waals surface area contributed by atoms with Crippen molar-refractivity contribution in [2.75, 3.05) is 6.54 Å². The molecule has 1 aliphatic carbocycles. The number of rotatable bonds is 1. The highest BCUT2D eigenvalue weighted by Crippen LogP contribution is 2.21. The third kappa shape index (κ3) is 1.98. The van der Waals surface area contributed by atoms with Gasteiger partial charge in [0, 0.05) is 42.8 Å². The predicted molar refractivity (Wildman–Crippen MR) is 88.1 cm³/mol. The molecule has 4 rings (SSSR count). The smallest absolute Gasteiger partial charge is 0.206 e. The van der Waals surface area contributed by atoms with E-state index in [2.05, 4.69) is 19.9 Å². The molecule has 3 heterocycles. The zero-order valence-electron chi connectivity index (χ0n) is 13.2. The zero-order chi connectivity index (χ0) is 16.7. The second kappa shape index (κ2) is 5.46. The van der Waals surface area contributed by atoms with E-state index in [9.17, 15) is 10.1 Å². The van der Waals surface area contributed by atoms with E-state index in [4.69, 9.17) is 0 Å². The molecule has 2 aromatic rings. The maximum Gasteiger partial charge on any atom is 0.206 e. The van der Waals surface area contributed by atoms with Gasteiger partial charge in [-0.25, -0.2) is 9.97 Å². The molecule has 1 N–H and O–H groups in total. The first-order chi connectivity index (χ1) is 11.7. The van der Waals surface area contributed by atoms with Gasteiger partial charge < -0.3 is 9.88 Å². The van der Waals surface area contributed by atoms with Crippen LogP contribution in [0.5, 0.6) is 0 Å². The number of allylic oxidation sites excluding steroid dienone is 2. The van der Waals surface area contributed by atoms with Crippen LogP contribution in [0, 0.1) is 18.3 Å². The van der Waals surface area contributed by atoms with Crippen LogP contribution in [0.4, 0.5) is 0 Å². The summed E-state index contributed by atoms with van der Waals surface area (Å²) in [6.07, 6.45) is 9.47. The Labute approximate surface area is 138 Å². The van der Waals surface area contributed by atoms with Crippen LogP contribution in [0.2, 0.25) is 0 Å². The first-order valence-electron chi connectivity index (χ1n) is 7.81. The fourth-order valence-electron chi connectivity index (χ4n) is 3.40. The monoisotopic (exact) mass is 317 g/mol. The number of carbonyl (C=O) groups is 1. The first kappa shape index (κ1) is 14.4. The van der Waals surface area contributed by atoms with Crippen molar-refractivity contribution < 1.29 is 4.79 Å². The van der Waals surface area contributed by atoms with Crippen LogP contribution < -0.4 is 16.0 Å². The summed E-state index contributed by atoms with van der Waals surface area (Å²) >= 11 is 0. The largest absolute Gasteiger partial charge is 0.389 e. The highest BCUT2D eigenvalue weighted by Gasteiger charge is 2.27. The molecule has 0 saturated carbocycles. The summed E-state index contributed by atoms with van der Waals surface area (Å²) in [5.41, 5.74) is 3.29. The highest BCUT2D eigenvalue weighted by atomic mass is 16.1. The molecule has 0 fully saturated rings. The van der Waals surface area contributed by atoms with Gasteiger partial charge in [-0.05, 0) is 25.0 Å². The number of fused-ring (bicyclic) bond motifs is 3. The second-order valence-electron chi connectivity index (χ2n) is 5.88. The van der Waals surface area contributed by atoms with Crippen LogP contribution in [0.15, 0.2) is 30.4 Å². The molecule has 0 unspecified atom stereocenters. The fraction of sp³-hybridized carbons (Fsp3) is 0.222. The molecule has 6 heteroatoms. The van der Waals surface area contributed by atoms with Crippen molar-refractivity contribution in [1.82, 2.24) is 19.9 Å². The Hall–Kier alpha value is -3.20. The molecule has 0 amide bonds. The van der Waals surface area contributed by atoms with E-state index in [1.54, 1.807) is 18.5 Å². The summed E-state index contributed by atoms with van der Waals surface area (Å²) in [6.45, 7) is 3.65. The van der Waals surface area contributed by atoms with Gasteiger partial charge in [0.2, 0.25) is 5.78 Å². The molecule has 118 valence electrons. The summed E-state index contributed by atoms with van der Waals surface area (Å²) in [7, 11) is 0. The molecule has 6 nitrogen and oxygen atoms in total. The van der Waals surface area contributed by atoms with Crippen LogP contribution in [0.3, 0.4) is 0 Å². The highest BCUT2D eigenvalue weighted by molar-refractivity contribution is 6.16. The number of nitrogens with zero attached hydrogens (tertiary/aromatic N) is 4. The van der Waals surface area contributed by atoms with Crippen LogP contribution in [0.1, 0.15) is 27.9 Å². The average Bonchev–Trinajstić information content (AvgIpc) is 2.78. The lowest BCUT2D eigenvalue weighted by molar-refractivity contribution is 0.103. The molecular formula is C18H15N5O. The van der Waals surface area contributed by atoms with Crippen molar-refractivity contribution in [1.29, 1.82) is 5.26 Å². The Morgan fingerprint density at radius 3 is 2.88 bits per heavy atom. The number of hydrogen-bond donors (Lipinski definition) is 1.